The predicted octanol–water partition coefficient (Wildman–Crippen LogP) is 12.0. The van der Waals surface area contributed by atoms with Crippen molar-refractivity contribution in [3.8, 4) is 40.3 Å². The summed E-state index contributed by atoms with van der Waals surface area (Å²) in [6.45, 7) is 18.5. The van der Waals surface area contributed by atoms with Gasteiger partial charge in [-0.25, -0.2) is 34.7 Å². The second kappa shape index (κ2) is 44.9. The van der Waals surface area contributed by atoms with Crippen LogP contribution in [0, 0.1) is 6.92 Å². The van der Waals surface area contributed by atoms with Gasteiger partial charge in [-0.3, -0.25) is 34.3 Å². The number of hydrogen-bond acceptors (Lipinski definition) is 37. The first kappa shape index (κ1) is 93.8. The average molecular weight is 1870 g/mol. The number of anilines is 9. The fourth-order valence-electron chi connectivity index (χ4n) is 18.5. The lowest BCUT2D eigenvalue weighted by Gasteiger charge is -2.31. The number of nitrogens with zero attached hydrogens (tertiary/aromatic N) is 20. The van der Waals surface area contributed by atoms with Crippen LogP contribution >= 0.6 is 0 Å². The van der Waals surface area contributed by atoms with Gasteiger partial charge in [0.25, 0.3) is 5.56 Å². The number of aliphatic hydroxyl groups is 1. The van der Waals surface area contributed by atoms with Crippen molar-refractivity contribution in [3.05, 3.63) is 174 Å². The summed E-state index contributed by atoms with van der Waals surface area (Å²) in [6.07, 6.45) is 32.4. The molecule has 0 amide bonds. The molecule has 8 fully saturated rings. The van der Waals surface area contributed by atoms with Crippen LogP contribution in [0.3, 0.4) is 0 Å². The molecule has 7 N–H and O–H groups in total. The van der Waals surface area contributed by atoms with E-state index in [1.54, 1.807) is 62.9 Å². The Morgan fingerprint density at radius 1 is 0.423 bits per heavy atom. The molecule has 720 valence electrons. The summed E-state index contributed by atoms with van der Waals surface area (Å²) in [5.74, 6) is 7.57. The van der Waals surface area contributed by atoms with Crippen molar-refractivity contribution in [1.82, 2.24) is 84.8 Å². The SMILES string of the molecule is CC(C)(CO)Nc1ccnc(NC2CCC(Oc3cc(N4CCOCC4)cc4nccnc34)CC2)n1.COc1ccc(NC2CCC(Oc3cc(N4CCOCC4)cc4nccnc34)CC2)nn1.Cc1nc(NC2CCC(Oc3cc(N4CCOCC4)cc4nccnc34)CC2)ccc1-c1nnco1.Cn1c(=O)cc(NC2CCC(Oc3cc(N4CCOCC4)cc4nccnc34)CC2)[nH]c1=O. The van der Waals surface area contributed by atoms with Crippen LogP contribution in [-0.4, -0.2) is 263 Å². The first-order valence-corrected chi connectivity index (χ1v) is 47.7. The van der Waals surface area contributed by atoms with E-state index in [1.807, 2.05) is 51.1 Å². The number of nitrogens with one attached hydrogen (secondary N) is 6. The highest BCUT2D eigenvalue weighted by Gasteiger charge is 2.32. The van der Waals surface area contributed by atoms with E-state index in [2.05, 4.69) is 170 Å². The Labute approximate surface area is 792 Å². The zero-order valence-corrected chi connectivity index (χ0v) is 78.1. The standard InChI is InChI=1S/C26H29N7O3.C26H35N7O3.C23H28N6O4.C23H28N6O3/c1-17-21(26-32-29-16-35-26)6-7-24(30-17)31-18-2-4-20(5-3-18)36-23-15-19(33-10-12-34-13-11-33)14-22-25(23)28-9-8-27-22;1-26(2,17-34)32-23-7-8-29-25(31-23)30-18-3-5-20(6-4-18)36-22-16-19(33-11-13-35-14-12-33)15-21-24(22)28-10-9-27-21;1-28-21(30)14-20(27-23(28)31)26-15-2-4-17(5-3-15)33-19-13-16(29-8-10-32-11-9-29)12-18-22(19)25-7-6-24-18;1-30-22-7-6-21(27-28-22)26-16-2-4-18(5-3-16)32-20-15-17(29-10-12-31-13-11-29)14-19-23(20)25-9-8-24-19/h6-9,14-16,18,20H,2-5,10-13H2,1H3,(H,30,31);7-10,15-16,18,20,34H,3-6,11-14,17H2,1-2H3,(H2,29,30,31,32);6-7,12-15,17,26H,2-5,8-11H2,1H3,(H,27,31);6-9,14-16,18H,2-5,10-13H2,1H3,(H,26,27). The van der Waals surface area contributed by atoms with E-state index >= 15 is 0 Å². The number of hydrogen-bond donors (Lipinski definition) is 7. The van der Waals surface area contributed by atoms with Crippen molar-refractivity contribution in [1.29, 1.82) is 0 Å². The van der Waals surface area contributed by atoms with Gasteiger partial charge in [-0.15, -0.1) is 20.4 Å². The molecule has 0 unspecified atom stereocenters. The number of morpholine rings is 4. The third-order valence-electron chi connectivity index (χ3n) is 26.1. The fraction of sp³-hybridized carbons (Fsp3) is 0.480. The molecule has 137 heavy (non-hydrogen) atoms. The molecule has 4 saturated carbocycles. The Kier molecular flexibility index (Phi) is 30.7. The Morgan fingerprint density at radius 2 is 0.810 bits per heavy atom. The minimum Gasteiger partial charge on any atom is -0.488 e. The number of rotatable bonds is 25. The number of aromatic nitrogens is 17. The summed E-state index contributed by atoms with van der Waals surface area (Å²) in [5.41, 5.74) is 11.5. The Hall–Kier alpha value is -13.6. The van der Waals surface area contributed by atoms with Crippen LogP contribution in [0.2, 0.25) is 0 Å². The number of pyridine rings is 1. The molecule has 9 aromatic heterocycles. The van der Waals surface area contributed by atoms with Gasteiger partial charge in [0.15, 0.2) is 0 Å². The van der Waals surface area contributed by atoms with Gasteiger partial charge in [0, 0.05) is 198 Å². The van der Waals surface area contributed by atoms with Crippen molar-refractivity contribution < 1.29 is 52.2 Å². The van der Waals surface area contributed by atoms with Gasteiger partial charge in [-0.1, -0.05) is 0 Å². The first-order chi connectivity index (χ1) is 67.1. The highest BCUT2D eigenvalue weighted by Crippen LogP contribution is 2.40. The molecular weight excluding hydrogens is 1750 g/mol. The van der Waals surface area contributed by atoms with Crippen LogP contribution in [-0.2, 0) is 26.0 Å². The molecule has 4 aliphatic carbocycles. The van der Waals surface area contributed by atoms with Gasteiger partial charge < -0.3 is 98.3 Å². The number of benzene rings is 4. The van der Waals surface area contributed by atoms with Crippen molar-refractivity contribution in [2.75, 3.05) is 165 Å². The molecule has 0 radical (unpaired) electrons. The lowest BCUT2D eigenvalue weighted by atomic mass is 9.93. The molecule has 0 atom stereocenters. The van der Waals surface area contributed by atoms with Gasteiger partial charge in [0.05, 0.1) is 130 Å². The van der Waals surface area contributed by atoms with E-state index < -0.39 is 11.2 Å². The van der Waals surface area contributed by atoms with Crippen molar-refractivity contribution in [3.63, 3.8) is 0 Å². The van der Waals surface area contributed by atoms with E-state index in [-0.39, 0.29) is 48.7 Å². The second-order valence-corrected chi connectivity index (χ2v) is 36.2. The highest BCUT2D eigenvalue weighted by atomic mass is 16.5. The molecule has 21 rings (SSSR count). The summed E-state index contributed by atoms with van der Waals surface area (Å²) >= 11 is 0. The average Bonchev–Trinajstić information content (AvgIpc) is 1.51. The zero-order valence-electron chi connectivity index (χ0n) is 78.1. The number of aryl methyl sites for hydroxylation is 1. The quantitative estimate of drug-likeness (QED) is 0.0279. The summed E-state index contributed by atoms with van der Waals surface area (Å²) in [7, 11) is 3.04. The number of aliphatic hydroxyl groups excluding tert-OH is 1. The van der Waals surface area contributed by atoms with Gasteiger partial charge in [0.2, 0.25) is 24.1 Å². The Balaban J connectivity index is 0.000000122. The molecule has 8 aliphatic rings. The molecule has 13 heterocycles. The number of aromatic amines is 1. The smallest absolute Gasteiger partial charge is 0.329 e. The number of ether oxygens (including phenoxy) is 9. The summed E-state index contributed by atoms with van der Waals surface area (Å²) in [4.78, 5) is 85.6. The van der Waals surface area contributed by atoms with Gasteiger partial charge in [0.1, 0.15) is 68.3 Å². The number of H-pyrrole nitrogens is 1. The van der Waals surface area contributed by atoms with Crippen LogP contribution in [0.25, 0.3) is 55.6 Å². The van der Waals surface area contributed by atoms with E-state index in [9.17, 15) is 14.7 Å². The largest absolute Gasteiger partial charge is 0.488 e. The molecular formula is C98H120N26O13. The van der Waals surface area contributed by atoms with Gasteiger partial charge >= 0.3 is 5.69 Å². The molecule has 0 bridgehead atoms. The summed E-state index contributed by atoms with van der Waals surface area (Å²) in [6, 6.07) is 28.8. The number of methoxy groups -OCH3 is 1. The Morgan fingerprint density at radius 3 is 1.18 bits per heavy atom. The number of fused-ring (bicyclic) bond motifs is 4. The van der Waals surface area contributed by atoms with Crippen LogP contribution < -0.4 is 81.1 Å². The Bertz CT molecular complexity index is 6220. The maximum atomic E-state index is 11.9. The van der Waals surface area contributed by atoms with E-state index in [1.165, 1.54) is 19.5 Å². The van der Waals surface area contributed by atoms with Crippen LogP contribution in [0.5, 0.6) is 28.9 Å². The maximum absolute atomic E-state index is 11.9. The maximum Gasteiger partial charge on any atom is 0.329 e. The predicted molar refractivity (Wildman–Crippen MR) is 521 cm³/mol. The van der Waals surface area contributed by atoms with E-state index in [0.717, 1.165) is 312 Å². The van der Waals surface area contributed by atoms with Crippen molar-refractivity contribution >= 4 is 96.1 Å². The lowest BCUT2D eigenvalue weighted by molar-refractivity contribution is 0.122. The first-order valence-electron chi connectivity index (χ1n) is 47.7. The van der Waals surface area contributed by atoms with Crippen LogP contribution in [0.15, 0.2) is 161 Å². The topological polar surface area (TPSA) is 438 Å². The third-order valence-corrected chi connectivity index (χ3v) is 26.1. The molecule has 4 saturated heterocycles. The molecule has 4 aliphatic heterocycles. The van der Waals surface area contributed by atoms with E-state index in [0.29, 0.717) is 54.7 Å². The van der Waals surface area contributed by atoms with Crippen molar-refractivity contribution in [2.45, 2.75) is 178 Å². The van der Waals surface area contributed by atoms with Crippen molar-refractivity contribution in [2.24, 2.45) is 7.05 Å². The van der Waals surface area contributed by atoms with E-state index in [4.69, 9.17) is 52.0 Å². The normalized spacial score (nSPS) is 20.9. The van der Waals surface area contributed by atoms with Gasteiger partial charge in [-0.05, 0) is 172 Å². The minimum absolute atomic E-state index is 0.0139. The molecule has 39 nitrogen and oxygen atoms in total. The second-order valence-electron chi connectivity index (χ2n) is 36.2. The summed E-state index contributed by atoms with van der Waals surface area (Å²) in [5, 5.41) is 42.5. The van der Waals surface area contributed by atoms with Gasteiger partial charge in [-0.2, -0.15) is 4.98 Å². The monoisotopic (exact) mass is 1870 g/mol. The summed E-state index contributed by atoms with van der Waals surface area (Å²) < 4.78 is 59.5. The zero-order chi connectivity index (χ0) is 93.8. The van der Waals surface area contributed by atoms with Crippen LogP contribution in [0.4, 0.5) is 52.0 Å². The molecule has 0 spiro atoms. The molecule has 4 aromatic carbocycles. The molecule has 13 aromatic rings. The minimum atomic E-state index is -0.450. The molecule has 39 heteroatoms. The van der Waals surface area contributed by atoms with Crippen LogP contribution in [0.1, 0.15) is 122 Å². The fourth-order valence-corrected chi connectivity index (χ4v) is 18.5. The lowest BCUT2D eigenvalue weighted by Crippen LogP contribution is -2.36. The third kappa shape index (κ3) is 24.6. The highest BCUT2D eigenvalue weighted by molar-refractivity contribution is 5.88.